The van der Waals surface area contributed by atoms with Gasteiger partial charge in [0, 0.05) is 16.2 Å². The van der Waals surface area contributed by atoms with Crippen molar-refractivity contribution in [3.8, 4) is 22.3 Å². The summed E-state index contributed by atoms with van der Waals surface area (Å²) in [5.74, 6) is 0. The molecule has 0 bridgehead atoms. The van der Waals surface area contributed by atoms with Gasteiger partial charge < -0.3 is 4.42 Å². The summed E-state index contributed by atoms with van der Waals surface area (Å²) in [4.78, 5) is 0. The minimum absolute atomic E-state index is 0.123. The number of benzene rings is 9. The van der Waals surface area contributed by atoms with Gasteiger partial charge in [-0.3, -0.25) is 0 Å². The highest BCUT2D eigenvalue weighted by atomic mass is 16.3. The van der Waals surface area contributed by atoms with Gasteiger partial charge in [0.2, 0.25) is 0 Å². The van der Waals surface area contributed by atoms with Crippen LogP contribution in [0.25, 0.3) is 92.9 Å². The van der Waals surface area contributed by atoms with E-state index in [1.165, 1.54) is 104 Å². The molecule has 1 nitrogen and oxygen atoms in total. The van der Waals surface area contributed by atoms with Crippen LogP contribution in [0.3, 0.4) is 0 Å². The van der Waals surface area contributed by atoms with Crippen LogP contribution in [0.15, 0.2) is 180 Å². The Labute approximate surface area is 326 Å². The molecule has 266 valence electrons. The van der Waals surface area contributed by atoms with Gasteiger partial charge in [0.1, 0.15) is 11.2 Å². The Morgan fingerprint density at radius 2 is 1.20 bits per heavy atom. The maximum atomic E-state index is 6.33. The van der Waals surface area contributed by atoms with E-state index in [1.54, 1.807) is 0 Å². The maximum Gasteiger partial charge on any atom is 0.136 e. The van der Waals surface area contributed by atoms with Gasteiger partial charge in [0.05, 0.1) is 0 Å². The molecule has 0 unspecified atom stereocenters. The fourth-order valence-corrected chi connectivity index (χ4v) is 9.77. The van der Waals surface area contributed by atoms with E-state index in [1.807, 2.05) is 6.07 Å². The van der Waals surface area contributed by atoms with Crippen LogP contribution >= 0.6 is 0 Å². The lowest BCUT2D eigenvalue weighted by Crippen LogP contribution is -2.14. The summed E-state index contributed by atoms with van der Waals surface area (Å²) >= 11 is 0. The van der Waals surface area contributed by atoms with Gasteiger partial charge in [-0.05, 0) is 137 Å². The van der Waals surface area contributed by atoms with Crippen LogP contribution in [-0.4, -0.2) is 0 Å². The quantitative estimate of drug-likeness (QED) is 0.128. The van der Waals surface area contributed by atoms with Crippen molar-refractivity contribution in [1.29, 1.82) is 0 Å². The third-order valence-corrected chi connectivity index (χ3v) is 12.5. The molecule has 1 heteroatoms. The van der Waals surface area contributed by atoms with Gasteiger partial charge >= 0.3 is 0 Å². The second kappa shape index (κ2) is 12.4. The fraction of sp³-hybridized carbons (Fsp3) is 0.0909. The maximum absolute atomic E-state index is 6.33. The van der Waals surface area contributed by atoms with Crippen LogP contribution in [0.5, 0.6) is 0 Å². The monoisotopic (exact) mass is 716 g/mol. The summed E-state index contributed by atoms with van der Waals surface area (Å²) in [6.45, 7) is 7.01. The number of hydrogen-bond donors (Lipinski definition) is 0. The van der Waals surface area contributed by atoms with Crippen molar-refractivity contribution < 1.29 is 4.42 Å². The van der Waals surface area contributed by atoms with Crippen LogP contribution in [-0.2, 0) is 11.8 Å². The zero-order valence-electron chi connectivity index (χ0n) is 31.9. The van der Waals surface area contributed by atoms with Crippen molar-refractivity contribution in [3.63, 3.8) is 0 Å². The fourth-order valence-electron chi connectivity index (χ4n) is 9.77. The first-order chi connectivity index (χ1) is 27.5. The average Bonchev–Trinajstić information content (AvgIpc) is 3.72. The Bertz CT molecular complexity index is 3250. The lowest BCUT2D eigenvalue weighted by atomic mass is 9.81. The topological polar surface area (TPSA) is 13.1 Å². The lowest BCUT2D eigenvalue weighted by Gasteiger charge is -2.22. The van der Waals surface area contributed by atoms with E-state index >= 15 is 0 Å². The van der Waals surface area contributed by atoms with E-state index in [0.717, 1.165) is 17.6 Å². The van der Waals surface area contributed by atoms with E-state index in [0.29, 0.717) is 0 Å². The molecule has 0 spiro atoms. The Morgan fingerprint density at radius 3 is 1.98 bits per heavy atom. The van der Waals surface area contributed by atoms with Crippen molar-refractivity contribution >= 4 is 70.6 Å². The van der Waals surface area contributed by atoms with Gasteiger partial charge in [-0.2, -0.15) is 0 Å². The summed E-state index contributed by atoms with van der Waals surface area (Å²) < 4.78 is 6.33. The standard InChI is InChI=1S/C55H40O/c1-34(15-4-5-16-35-18-14-19-36-17-6-7-20-39(35)36)52-40-21-8-10-23-42(40)53(43-24-11-9-22-41(43)52)38-27-29-48-46(31-38)47-33-45-37(32-49(47)55(48,2)3)28-30-51-54(45)44-25-12-13-26-50(44)56-51/h4-15,17-33H,16H2,1-3H3/b5-4-,34-15+. The largest absolute Gasteiger partial charge is 0.456 e. The van der Waals surface area contributed by atoms with Crippen molar-refractivity contribution in [2.45, 2.75) is 32.6 Å². The third kappa shape index (κ3) is 4.87. The molecule has 0 aliphatic heterocycles. The van der Waals surface area contributed by atoms with Crippen LogP contribution in [0, 0.1) is 0 Å². The molecule has 10 aromatic rings. The molecule has 0 fully saturated rings. The highest BCUT2D eigenvalue weighted by Gasteiger charge is 2.36. The molecule has 0 saturated carbocycles. The molecule has 1 aliphatic carbocycles. The first kappa shape index (κ1) is 32.7. The van der Waals surface area contributed by atoms with Crippen LogP contribution in [0.4, 0.5) is 0 Å². The minimum Gasteiger partial charge on any atom is -0.456 e. The smallest absolute Gasteiger partial charge is 0.136 e. The van der Waals surface area contributed by atoms with Crippen molar-refractivity contribution in [2.75, 3.05) is 0 Å². The van der Waals surface area contributed by atoms with Gasteiger partial charge in [-0.25, -0.2) is 0 Å². The van der Waals surface area contributed by atoms with Gasteiger partial charge in [-0.1, -0.05) is 159 Å². The Kier molecular flexibility index (Phi) is 7.25. The van der Waals surface area contributed by atoms with Crippen molar-refractivity contribution in [3.05, 3.63) is 198 Å². The third-order valence-electron chi connectivity index (χ3n) is 12.5. The minimum atomic E-state index is -0.123. The van der Waals surface area contributed by atoms with Crippen molar-refractivity contribution in [1.82, 2.24) is 0 Å². The van der Waals surface area contributed by atoms with E-state index < -0.39 is 0 Å². The molecule has 0 radical (unpaired) electrons. The molecular formula is C55H40O. The van der Waals surface area contributed by atoms with Crippen molar-refractivity contribution in [2.24, 2.45) is 0 Å². The Balaban J connectivity index is 1.06. The van der Waals surface area contributed by atoms with E-state index in [-0.39, 0.29) is 5.41 Å². The summed E-state index contributed by atoms with van der Waals surface area (Å²) in [7, 11) is 0. The van der Waals surface area contributed by atoms with Gasteiger partial charge in [-0.15, -0.1) is 0 Å². The number of allylic oxidation sites excluding steroid dienone is 4. The number of fused-ring (bicyclic) bond motifs is 11. The SMILES string of the molecule is C/C(=C\C=C/Cc1cccc2ccccc12)c1c2ccccc2c(-c2ccc3c(c2)-c2cc4c(ccc5oc6ccccc6c54)cc2C3(C)C)c2ccccc12. The highest BCUT2D eigenvalue weighted by Crippen LogP contribution is 2.53. The molecule has 0 N–H and O–H groups in total. The molecule has 1 aromatic heterocycles. The predicted molar refractivity (Wildman–Crippen MR) is 240 cm³/mol. The summed E-state index contributed by atoms with van der Waals surface area (Å²) in [6.07, 6.45) is 7.70. The first-order valence-corrected chi connectivity index (χ1v) is 19.7. The molecule has 0 amide bonds. The highest BCUT2D eigenvalue weighted by molar-refractivity contribution is 6.21. The molecule has 0 atom stereocenters. The molecule has 0 saturated heterocycles. The van der Waals surface area contributed by atoms with Crippen LogP contribution in [0.2, 0.25) is 0 Å². The van der Waals surface area contributed by atoms with E-state index in [9.17, 15) is 0 Å². The second-order valence-corrected chi connectivity index (χ2v) is 16.0. The summed E-state index contributed by atoms with van der Waals surface area (Å²) in [5, 5.41) is 12.6. The van der Waals surface area contributed by atoms with Gasteiger partial charge in [0.15, 0.2) is 0 Å². The average molecular weight is 717 g/mol. The molecular weight excluding hydrogens is 677 g/mol. The first-order valence-electron chi connectivity index (χ1n) is 19.7. The molecule has 56 heavy (non-hydrogen) atoms. The molecule has 1 heterocycles. The predicted octanol–water partition coefficient (Wildman–Crippen LogP) is 15.4. The number of para-hydroxylation sites is 1. The van der Waals surface area contributed by atoms with Gasteiger partial charge in [0.25, 0.3) is 0 Å². The van der Waals surface area contributed by atoms with E-state index in [2.05, 4.69) is 191 Å². The van der Waals surface area contributed by atoms with Crippen LogP contribution < -0.4 is 0 Å². The lowest BCUT2D eigenvalue weighted by molar-refractivity contribution is 0.661. The van der Waals surface area contributed by atoms with E-state index in [4.69, 9.17) is 4.42 Å². The normalized spacial score (nSPS) is 13.9. The molecule has 11 rings (SSSR count). The number of rotatable bonds is 5. The molecule has 1 aliphatic rings. The molecule has 9 aromatic carbocycles. The number of hydrogen-bond acceptors (Lipinski definition) is 1. The summed E-state index contributed by atoms with van der Waals surface area (Å²) in [5.41, 5.74) is 13.6. The Hall–Kier alpha value is -6.70. The number of furan rings is 1. The zero-order valence-corrected chi connectivity index (χ0v) is 31.9. The summed E-state index contributed by atoms with van der Waals surface area (Å²) in [6, 6.07) is 58.1. The zero-order chi connectivity index (χ0) is 37.5. The van der Waals surface area contributed by atoms with Crippen LogP contribution in [0.1, 0.15) is 43.0 Å². The second-order valence-electron chi connectivity index (χ2n) is 16.0. The Morgan fingerprint density at radius 1 is 0.536 bits per heavy atom.